The number of nitrogens with zero attached hydrogens (tertiary/aromatic N) is 3. The van der Waals surface area contributed by atoms with Crippen LogP contribution in [0.3, 0.4) is 0 Å². The van der Waals surface area contributed by atoms with Gasteiger partial charge in [-0.25, -0.2) is 4.79 Å². The molecule has 0 bridgehead atoms. The van der Waals surface area contributed by atoms with E-state index in [4.69, 9.17) is 4.74 Å². The molecule has 0 N–H and O–H groups in total. The van der Waals surface area contributed by atoms with E-state index in [2.05, 4.69) is 4.74 Å². The highest BCUT2D eigenvalue weighted by Gasteiger charge is 2.60. The van der Waals surface area contributed by atoms with Gasteiger partial charge in [0.05, 0.1) is 5.56 Å². The summed E-state index contributed by atoms with van der Waals surface area (Å²) in [6.07, 6.45) is -18.9. The number of alkyl halides is 9. The van der Waals surface area contributed by atoms with E-state index >= 15 is 0 Å². The third kappa shape index (κ3) is 7.35. The quantitative estimate of drug-likeness (QED) is 0.379. The molecule has 236 valence electrons. The Morgan fingerprint density at radius 1 is 0.810 bits per heavy atom. The van der Waals surface area contributed by atoms with Crippen LogP contribution in [0, 0.1) is 0 Å². The molecule has 3 saturated heterocycles. The molecule has 7 nitrogen and oxygen atoms in total. The topological polar surface area (TPSA) is 62.3 Å². The molecule has 3 aliphatic heterocycles. The van der Waals surface area contributed by atoms with Gasteiger partial charge in [-0.15, -0.1) is 0 Å². The van der Waals surface area contributed by atoms with E-state index < -0.39 is 48.4 Å². The maximum absolute atomic E-state index is 13.4. The number of amides is 2. The van der Waals surface area contributed by atoms with E-state index in [1.165, 1.54) is 6.07 Å². The number of piperidine rings is 1. The Morgan fingerprint density at radius 2 is 1.43 bits per heavy atom. The van der Waals surface area contributed by atoms with Gasteiger partial charge in [-0.1, -0.05) is 6.07 Å². The number of likely N-dealkylation sites (tertiary alicyclic amines) is 3. The molecule has 3 heterocycles. The smallest absolute Gasteiger partial charge is 0.434 e. The van der Waals surface area contributed by atoms with Crippen molar-refractivity contribution in [1.82, 2.24) is 14.7 Å². The second kappa shape index (κ2) is 12.0. The molecule has 16 heteroatoms. The lowest BCUT2D eigenvalue weighted by molar-refractivity contribution is -0.308. The minimum Gasteiger partial charge on any atom is -0.483 e. The molecule has 3 fully saturated rings. The van der Waals surface area contributed by atoms with E-state index in [0.29, 0.717) is 38.0 Å². The SMILES string of the molecule is O=C(COc1cc(C(F)(F)F)ccc1CN1CCCC12CCN(C(=O)OC(C(F)(F)F)C(F)(F)F)CC2)N1CCCC1. The molecule has 4 rings (SSSR count). The zero-order valence-electron chi connectivity index (χ0n) is 22.4. The van der Waals surface area contributed by atoms with Crippen molar-refractivity contribution in [3.8, 4) is 5.75 Å². The van der Waals surface area contributed by atoms with Crippen LogP contribution in [-0.2, 0) is 22.3 Å². The minimum atomic E-state index is -5.83. The lowest BCUT2D eigenvalue weighted by Crippen LogP contribution is -2.54. The summed E-state index contributed by atoms with van der Waals surface area (Å²) >= 11 is 0. The molecule has 0 atom stereocenters. The van der Waals surface area contributed by atoms with Crippen LogP contribution >= 0.6 is 0 Å². The molecule has 0 saturated carbocycles. The van der Waals surface area contributed by atoms with E-state index in [-0.39, 0.29) is 44.1 Å². The number of ether oxygens (including phenoxy) is 2. The Hall–Kier alpha value is -2.91. The van der Waals surface area contributed by atoms with E-state index in [1.807, 2.05) is 4.90 Å². The van der Waals surface area contributed by atoms with Crippen molar-refractivity contribution in [1.29, 1.82) is 0 Å². The van der Waals surface area contributed by atoms with Crippen LogP contribution in [0.25, 0.3) is 0 Å². The number of carbonyl (C=O) groups is 2. The fourth-order valence-electron chi connectivity index (χ4n) is 5.81. The maximum Gasteiger partial charge on any atom is 0.434 e. The third-order valence-electron chi connectivity index (χ3n) is 8.07. The van der Waals surface area contributed by atoms with Crippen molar-refractivity contribution in [3.05, 3.63) is 29.3 Å². The summed E-state index contributed by atoms with van der Waals surface area (Å²) in [5.74, 6) is -0.447. The normalized spacial score (nSPS) is 20.0. The number of hydrogen-bond acceptors (Lipinski definition) is 5. The average Bonchev–Trinajstić information content (AvgIpc) is 3.56. The maximum atomic E-state index is 13.4. The Balaban J connectivity index is 1.44. The number of hydrogen-bond donors (Lipinski definition) is 0. The Bertz CT molecular complexity index is 1110. The fraction of sp³-hybridized carbons (Fsp3) is 0.692. The molecule has 3 aliphatic rings. The first-order valence-electron chi connectivity index (χ1n) is 13.4. The molecular formula is C26H30F9N3O4. The van der Waals surface area contributed by atoms with Crippen molar-refractivity contribution < 1.29 is 58.6 Å². The highest BCUT2D eigenvalue weighted by molar-refractivity contribution is 5.78. The Labute approximate surface area is 235 Å². The summed E-state index contributed by atoms with van der Waals surface area (Å²) in [6, 6.07) is 3.01. The Kier molecular flexibility index (Phi) is 9.14. The highest BCUT2D eigenvalue weighted by Crippen LogP contribution is 2.42. The third-order valence-corrected chi connectivity index (χ3v) is 8.07. The molecule has 0 aliphatic carbocycles. The zero-order chi connectivity index (χ0) is 30.9. The van der Waals surface area contributed by atoms with Crippen molar-refractivity contribution in [3.63, 3.8) is 0 Å². The molecule has 0 unspecified atom stereocenters. The van der Waals surface area contributed by atoms with Gasteiger partial charge in [0.15, 0.2) is 6.61 Å². The second-order valence-corrected chi connectivity index (χ2v) is 10.8. The van der Waals surface area contributed by atoms with Crippen molar-refractivity contribution in [2.24, 2.45) is 0 Å². The molecule has 0 aromatic heterocycles. The Morgan fingerprint density at radius 3 is 2.00 bits per heavy atom. The van der Waals surface area contributed by atoms with Gasteiger partial charge in [0.2, 0.25) is 0 Å². The van der Waals surface area contributed by atoms with Crippen molar-refractivity contribution in [2.75, 3.05) is 39.3 Å². The second-order valence-electron chi connectivity index (χ2n) is 10.8. The van der Waals surface area contributed by atoms with Gasteiger partial charge in [0.25, 0.3) is 12.0 Å². The standard InChI is InChI=1S/C26H30F9N3O4/c27-24(28,29)18-5-4-17(19(14-18)41-16-20(39)36-9-1-2-10-36)15-38-11-3-6-23(38)7-12-37(13-8-23)22(40)42-21(25(30,31)32)26(33,34)35/h4-5,14,21H,1-3,6-13,15-16H2. The summed E-state index contributed by atoms with van der Waals surface area (Å²) in [6.45, 7) is 0.962. The number of carbonyl (C=O) groups excluding carboxylic acids is 2. The van der Waals surface area contributed by atoms with Crippen LogP contribution in [0.1, 0.15) is 49.7 Å². The van der Waals surface area contributed by atoms with Crippen LogP contribution in [-0.4, -0.2) is 90.0 Å². The summed E-state index contributed by atoms with van der Waals surface area (Å²) in [5, 5.41) is 0. The number of halogens is 9. The van der Waals surface area contributed by atoms with Gasteiger partial charge < -0.3 is 19.3 Å². The predicted octanol–water partition coefficient (Wildman–Crippen LogP) is 5.77. The van der Waals surface area contributed by atoms with E-state index in [0.717, 1.165) is 29.9 Å². The molecule has 1 aromatic rings. The number of rotatable bonds is 6. The summed E-state index contributed by atoms with van der Waals surface area (Å²) < 4.78 is 127. The molecular weight excluding hydrogens is 589 g/mol. The first-order valence-corrected chi connectivity index (χ1v) is 13.4. The summed E-state index contributed by atoms with van der Waals surface area (Å²) in [5.41, 5.74) is -1.15. The van der Waals surface area contributed by atoms with Gasteiger partial charge in [0.1, 0.15) is 5.75 Å². The predicted molar refractivity (Wildman–Crippen MR) is 128 cm³/mol. The van der Waals surface area contributed by atoms with Crippen LogP contribution in [0.15, 0.2) is 18.2 Å². The lowest BCUT2D eigenvalue weighted by atomic mass is 9.85. The van der Waals surface area contributed by atoms with Gasteiger partial charge in [-0.3, -0.25) is 9.69 Å². The molecule has 1 spiro atoms. The molecule has 0 radical (unpaired) electrons. The van der Waals surface area contributed by atoms with Crippen LogP contribution < -0.4 is 4.74 Å². The largest absolute Gasteiger partial charge is 0.483 e. The average molecular weight is 620 g/mol. The summed E-state index contributed by atoms with van der Waals surface area (Å²) in [7, 11) is 0. The van der Waals surface area contributed by atoms with Gasteiger partial charge in [-0.05, 0) is 57.2 Å². The van der Waals surface area contributed by atoms with Crippen molar-refractivity contribution >= 4 is 12.0 Å². The van der Waals surface area contributed by atoms with Crippen molar-refractivity contribution in [2.45, 2.75) is 75.2 Å². The first kappa shape index (κ1) is 32.0. The molecule has 42 heavy (non-hydrogen) atoms. The van der Waals surface area contributed by atoms with Gasteiger partial charge >= 0.3 is 24.6 Å². The molecule has 2 amide bonds. The fourth-order valence-corrected chi connectivity index (χ4v) is 5.81. The van der Waals surface area contributed by atoms with E-state index in [1.54, 1.807) is 4.90 Å². The van der Waals surface area contributed by atoms with Gasteiger partial charge in [-0.2, -0.15) is 39.5 Å². The summed E-state index contributed by atoms with van der Waals surface area (Å²) in [4.78, 5) is 29.0. The number of benzene rings is 1. The van der Waals surface area contributed by atoms with Crippen LogP contribution in [0.4, 0.5) is 44.3 Å². The highest BCUT2D eigenvalue weighted by atomic mass is 19.4. The van der Waals surface area contributed by atoms with Crippen LogP contribution in [0.5, 0.6) is 5.75 Å². The van der Waals surface area contributed by atoms with E-state index in [9.17, 15) is 49.1 Å². The monoisotopic (exact) mass is 619 g/mol. The molecule has 1 aromatic carbocycles. The first-order chi connectivity index (χ1) is 19.5. The van der Waals surface area contributed by atoms with Crippen LogP contribution in [0.2, 0.25) is 0 Å². The zero-order valence-corrected chi connectivity index (χ0v) is 22.4. The lowest BCUT2D eigenvalue weighted by Gasteiger charge is -2.45. The minimum absolute atomic E-state index is 0.106. The van der Waals surface area contributed by atoms with Gasteiger partial charge in [0, 0.05) is 43.8 Å².